The molecule has 0 bridgehead atoms. The molecule has 0 fully saturated rings. The molecule has 4 rings (SSSR count). The molecule has 160 valence electrons. The van der Waals surface area contributed by atoms with Crippen molar-refractivity contribution in [1.82, 2.24) is 4.57 Å². The average Bonchev–Trinajstić information content (AvgIpc) is 3.34. The van der Waals surface area contributed by atoms with Gasteiger partial charge in [-0.05, 0) is 13.0 Å². The third-order valence-corrected chi connectivity index (χ3v) is 5.59. The minimum atomic E-state index is -0.746. The number of carbonyl (C=O) groups is 2. The van der Waals surface area contributed by atoms with Gasteiger partial charge in [-0.25, -0.2) is 0 Å². The highest BCUT2D eigenvalue weighted by Crippen LogP contribution is 2.37. The Labute approximate surface area is 179 Å². The van der Waals surface area contributed by atoms with Crippen LogP contribution in [0.1, 0.15) is 23.7 Å². The SMILES string of the molecule is CCOC(=O)CCn1c(=NC(=O)c2ccccc2[N+](=O)[O-])sc2cc3c(cc21)OCO3. The molecular formula is C20H17N3O7S. The maximum atomic E-state index is 12.8. The summed E-state index contributed by atoms with van der Waals surface area (Å²) in [5, 5.41) is 11.3. The van der Waals surface area contributed by atoms with Crippen molar-refractivity contribution in [2.24, 2.45) is 4.99 Å². The number of rotatable bonds is 6. The number of amides is 1. The summed E-state index contributed by atoms with van der Waals surface area (Å²) in [5.41, 5.74) is 0.264. The van der Waals surface area contributed by atoms with Crippen molar-refractivity contribution in [2.45, 2.75) is 19.9 Å². The van der Waals surface area contributed by atoms with E-state index in [4.69, 9.17) is 14.2 Å². The summed E-state index contributed by atoms with van der Waals surface area (Å²) in [7, 11) is 0. The van der Waals surface area contributed by atoms with Gasteiger partial charge < -0.3 is 18.8 Å². The van der Waals surface area contributed by atoms with E-state index in [1.165, 1.54) is 35.6 Å². The Morgan fingerprint density at radius 2 is 2.00 bits per heavy atom. The van der Waals surface area contributed by atoms with E-state index >= 15 is 0 Å². The molecule has 0 aliphatic carbocycles. The largest absolute Gasteiger partial charge is 0.466 e. The second-order valence-electron chi connectivity index (χ2n) is 6.46. The maximum absolute atomic E-state index is 12.8. The summed E-state index contributed by atoms with van der Waals surface area (Å²) in [4.78, 5) is 39.8. The number of hydrogen-bond donors (Lipinski definition) is 0. The molecule has 11 heteroatoms. The van der Waals surface area contributed by atoms with Gasteiger partial charge in [0.25, 0.3) is 11.6 Å². The van der Waals surface area contributed by atoms with Gasteiger partial charge in [-0.1, -0.05) is 23.5 Å². The standard InChI is InChI=1S/C20H17N3O7S/c1-2-28-18(24)7-8-22-14-9-15-16(30-11-29-15)10-17(14)31-20(22)21-19(25)12-5-3-4-6-13(12)23(26)27/h3-6,9-10H,2,7-8,11H2,1H3. The number of para-hydroxylation sites is 1. The third-order valence-electron chi connectivity index (χ3n) is 4.55. The van der Waals surface area contributed by atoms with Gasteiger partial charge in [0.1, 0.15) is 5.56 Å². The monoisotopic (exact) mass is 443 g/mol. The molecule has 1 aliphatic rings. The van der Waals surface area contributed by atoms with E-state index in [-0.39, 0.29) is 43.6 Å². The topological polar surface area (TPSA) is 122 Å². The van der Waals surface area contributed by atoms with Crippen molar-refractivity contribution in [1.29, 1.82) is 0 Å². The van der Waals surface area contributed by atoms with Gasteiger partial charge in [0, 0.05) is 24.7 Å². The van der Waals surface area contributed by atoms with E-state index in [9.17, 15) is 19.7 Å². The number of fused-ring (bicyclic) bond motifs is 2. The number of nitro groups is 1. The first-order chi connectivity index (χ1) is 15.0. The van der Waals surface area contributed by atoms with Crippen LogP contribution < -0.4 is 14.3 Å². The first-order valence-corrected chi connectivity index (χ1v) is 10.2. The number of aryl methyl sites for hydroxylation is 1. The summed E-state index contributed by atoms with van der Waals surface area (Å²) in [5.74, 6) is -0.00975. The lowest BCUT2D eigenvalue weighted by Gasteiger charge is -2.06. The molecule has 2 heterocycles. The van der Waals surface area contributed by atoms with Gasteiger partial charge in [-0.2, -0.15) is 4.99 Å². The molecule has 0 atom stereocenters. The molecule has 1 aliphatic heterocycles. The molecule has 0 saturated carbocycles. The molecule has 0 radical (unpaired) electrons. The molecule has 3 aromatic rings. The average molecular weight is 443 g/mol. The van der Waals surface area contributed by atoms with Crippen molar-refractivity contribution in [3.8, 4) is 11.5 Å². The quantitative estimate of drug-likeness (QED) is 0.326. The van der Waals surface area contributed by atoms with Gasteiger partial charge in [0.15, 0.2) is 16.3 Å². The first-order valence-electron chi connectivity index (χ1n) is 9.39. The Morgan fingerprint density at radius 1 is 1.26 bits per heavy atom. The highest BCUT2D eigenvalue weighted by atomic mass is 32.1. The Kier molecular flexibility index (Phi) is 5.67. The van der Waals surface area contributed by atoms with Crippen LogP contribution in [0.25, 0.3) is 10.2 Å². The van der Waals surface area contributed by atoms with Gasteiger partial charge in [0.2, 0.25) is 6.79 Å². The van der Waals surface area contributed by atoms with Crippen LogP contribution in [-0.2, 0) is 16.1 Å². The van der Waals surface area contributed by atoms with Crippen LogP contribution in [-0.4, -0.2) is 34.8 Å². The van der Waals surface area contributed by atoms with Gasteiger partial charge in [0.05, 0.1) is 28.2 Å². The minimum absolute atomic E-state index is 0.0704. The van der Waals surface area contributed by atoms with E-state index in [0.717, 1.165) is 4.70 Å². The van der Waals surface area contributed by atoms with Crippen LogP contribution in [0.2, 0.25) is 0 Å². The van der Waals surface area contributed by atoms with Crippen molar-refractivity contribution in [3.63, 3.8) is 0 Å². The summed E-state index contributed by atoms with van der Waals surface area (Å²) in [6, 6.07) is 9.16. The van der Waals surface area contributed by atoms with E-state index in [1.807, 2.05) is 0 Å². The second kappa shape index (κ2) is 8.56. The molecular weight excluding hydrogens is 426 g/mol. The van der Waals surface area contributed by atoms with E-state index in [1.54, 1.807) is 23.6 Å². The number of thiazole rings is 1. The molecule has 0 N–H and O–H groups in total. The molecule has 0 spiro atoms. The number of nitrogens with zero attached hydrogens (tertiary/aromatic N) is 3. The highest BCUT2D eigenvalue weighted by Gasteiger charge is 2.21. The van der Waals surface area contributed by atoms with Crippen LogP contribution in [0.4, 0.5) is 5.69 Å². The van der Waals surface area contributed by atoms with Crippen LogP contribution in [0.5, 0.6) is 11.5 Å². The first kappa shape index (κ1) is 20.5. The van der Waals surface area contributed by atoms with E-state index in [0.29, 0.717) is 21.8 Å². The summed E-state index contributed by atoms with van der Waals surface area (Å²) >= 11 is 1.21. The number of nitro benzene ring substituents is 1. The fourth-order valence-electron chi connectivity index (χ4n) is 3.16. The van der Waals surface area contributed by atoms with Crippen LogP contribution >= 0.6 is 11.3 Å². The second-order valence-corrected chi connectivity index (χ2v) is 7.46. The number of benzene rings is 2. The number of aromatic nitrogens is 1. The predicted octanol–water partition coefficient (Wildman–Crippen LogP) is 3.03. The maximum Gasteiger partial charge on any atom is 0.307 e. The molecule has 31 heavy (non-hydrogen) atoms. The van der Waals surface area contributed by atoms with Crippen LogP contribution in [0, 0.1) is 10.1 Å². The molecule has 0 saturated heterocycles. The zero-order valence-electron chi connectivity index (χ0n) is 16.4. The fraction of sp³-hybridized carbons (Fsp3) is 0.250. The van der Waals surface area contributed by atoms with Crippen molar-refractivity contribution in [3.05, 3.63) is 56.9 Å². The lowest BCUT2D eigenvalue weighted by molar-refractivity contribution is -0.385. The molecule has 2 aromatic carbocycles. The molecule has 10 nitrogen and oxygen atoms in total. The van der Waals surface area contributed by atoms with E-state index < -0.39 is 10.8 Å². The Bertz CT molecular complexity index is 1260. The Morgan fingerprint density at radius 3 is 2.74 bits per heavy atom. The molecule has 0 unspecified atom stereocenters. The molecule has 1 amide bonds. The highest BCUT2D eigenvalue weighted by molar-refractivity contribution is 7.16. The smallest absolute Gasteiger partial charge is 0.307 e. The van der Waals surface area contributed by atoms with Crippen molar-refractivity contribution < 1.29 is 28.7 Å². The lowest BCUT2D eigenvalue weighted by atomic mass is 10.2. The van der Waals surface area contributed by atoms with Crippen LogP contribution in [0.15, 0.2) is 41.4 Å². The minimum Gasteiger partial charge on any atom is -0.466 e. The number of ether oxygens (including phenoxy) is 3. The van der Waals surface area contributed by atoms with Crippen molar-refractivity contribution in [2.75, 3.05) is 13.4 Å². The van der Waals surface area contributed by atoms with Gasteiger partial charge >= 0.3 is 5.97 Å². The number of hydrogen-bond acceptors (Lipinski definition) is 8. The van der Waals surface area contributed by atoms with Crippen LogP contribution in [0.3, 0.4) is 0 Å². The molecule has 1 aromatic heterocycles. The third kappa shape index (κ3) is 4.12. The summed E-state index contributed by atoms with van der Waals surface area (Å²) < 4.78 is 18.3. The summed E-state index contributed by atoms with van der Waals surface area (Å²) in [6.45, 7) is 2.31. The van der Waals surface area contributed by atoms with Gasteiger partial charge in [-0.3, -0.25) is 19.7 Å². The fourth-order valence-corrected chi connectivity index (χ4v) is 4.22. The zero-order chi connectivity index (χ0) is 22.0. The van der Waals surface area contributed by atoms with E-state index in [2.05, 4.69) is 4.99 Å². The van der Waals surface area contributed by atoms with Gasteiger partial charge in [-0.15, -0.1) is 0 Å². The zero-order valence-corrected chi connectivity index (χ0v) is 17.2. The predicted molar refractivity (Wildman–Crippen MR) is 110 cm³/mol. The van der Waals surface area contributed by atoms with Crippen molar-refractivity contribution >= 4 is 39.1 Å². The number of esters is 1. The normalized spacial score (nSPS) is 12.9. The Balaban J connectivity index is 1.80. The Hall–Kier alpha value is -3.73. The summed E-state index contributed by atoms with van der Waals surface area (Å²) in [6.07, 6.45) is 0.0704. The number of carbonyl (C=O) groups excluding carboxylic acids is 2. The lowest BCUT2D eigenvalue weighted by Crippen LogP contribution is -2.19.